The van der Waals surface area contributed by atoms with Gasteiger partial charge in [-0.1, -0.05) is 47.0 Å². The Kier molecular flexibility index (Phi) is 4.78. The Morgan fingerprint density at radius 3 is 2.58 bits per heavy atom. The van der Waals surface area contributed by atoms with Gasteiger partial charge in [0.2, 0.25) is 11.8 Å². The Labute approximate surface area is 150 Å². The molecule has 2 amide bonds. The summed E-state index contributed by atoms with van der Waals surface area (Å²) in [4.78, 5) is 26.4. The van der Waals surface area contributed by atoms with Gasteiger partial charge in [-0.15, -0.1) is 0 Å². The third-order valence-corrected chi connectivity index (χ3v) is 4.87. The van der Waals surface area contributed by atoms with Crippen molar-refractivity contribution in [3.63, 3.8) is 0 Å². The highest BCUT2D eigenvalue weighted by atomic mass is 35.5. The second kappa shape index (κ2) is 6.83. The largest absolute Gasteiger partial charge is 0.324 e. The number of carbonyl (C=O) groups excluding carboxylic acids is 2. The average Bonchev–Trinajstić information content (AvgIpc) is 2.94. The van der Waals surface area contributed by atoms with Crippen molar-refractivity contribution in [2.24, 2.45) is 5.92 Å². The molecule has 1 aliphatic heterocycles. The molecule has 4 nitrogen and oxygen atoms in total. The summed E-state index contributed by atoms with van der Waals surface area (Å²) in [5.41, 5.74) is 2.38. The summed E-state index contributed by atoms with van der Waals surface area (Å²) in [6.45, 7) is 2.34. The van der Waals surface area contributed by atoms with E-state index >= 15 is 0 Å². The number of amides is 2. The van der Waals surface area contributed by atoms with E-state index in [1.54, 1.807) is 23.1 Å². The molecule has 1 heterocycles. The average molecular weight is 363 g/mol. The minimum atomic E-state index is -0.422. The molecule has 1 fully saturated rings. The Bertz CT molecular complexity index is 790. The highest BCUT2D eigenvalue weighted by Crippen LogP contribution is 2.31. The SMILES string of the molecule is Cc1ccc(N2CC(C(=O)Nc3cccc(Cl)c3Cl)CC2=O)cc1. The maximum atomic E-state index is 12.5. The van der Waals surface area contributed by atoms with Crippen molar-refractivity contribution < 1.29 is 9.59 Å². The van der Waals surface area contributed by atoms with E-state index < -0.39 is 5.92 Å². The summed E-state index contributed by atoms with van der Waals surface area (Å²) in [5, 5.41) is 3.43. The molecule has 1 unspecified atom stereocenters. The molecule has 1 atom stereocenters. The molecule has 1 N–H and O–H groups in total. The molecular formula is C18H16Cl2N2O2. The zero-order valence-electron chi connectivity index (χ0n) is 13.1. The lowest BCUT2D eigenvalue weighted by Crippen LogP contribution is -2.28. The van der Waals surface area contributed by atoms with Crippen LogP contribution < -0.4 is 10.2 Å². The number of benzene rings is 2. The van der Waals surface area contributed by atoms with Crippen LogP contribution in [0.1, 0.15) is 12.0 Å². The van der Waals surface area contributed by atoms with Crippen LogP contribution in [0.5, 0.6) is 0 Å². The normalized spacial score (nSPS) is 17.2. The molecule has 3 rings (SSSR count). The minimum absolute atomic E-state index is 0.0591. The Morgan fingerprint density at radius 1 is 1.17 bits per heavy atom. The van der Waals surface area contributed by atoms with Crippen molar-refractivity contribution in [3.05, 3.63) is 58.1 Å². The zero-order chi connectivity index (χ0) is 17.3. The third kappa shape index (κ3) is 3.40. The monoisotopic (exact) mass is 362 g/mol. The van der Waals surface area contributed by atoms with Gasteiger partial charge in [-0.25, -0.2) is 0 Å². The lowest BCUT2D eigenvalue weighted by molar-refractivity contribution is -0.122. The number of hydrogen-bond acceptors (Lipinski definition) is 2. The van der Waals surface area contributed by atoms with Gasteiger partial charge >= 0.3 is 0 Å². The van der Waals surface area contributed by atoms with Gasteiger partial charge in [-0.2, -0.15) is 0 Å². The molecule has 24 heavy (non-hydrogen) atoms. The van der Waals surface area contributed by atoms with E-state index in [1.807, 2.05) is 31.2 Å². The zero-order valence-corrected chi connectivity index (χ0v) is 14.6. The number of carbonyl (C=O) groups is 2. The summed E-state index contributed by atoms with van der Waals surface area (Å²) < 4.78 is 0. The molecule has 0 radical (unpaired) electrons. The van der Waals surface area contributed by atoms with Gasteiger partial charge in [0.1, 0.15) is 0 Å². The first kappa shape index (κ1) is 16.8. The van der Waals surface area contributed by atoms with Crippen LogP contribution in [0.3, 0.4) is 0 Å². The molecular weight excluding hydrogens is 347 g/mol. The smallest absolute Gasteiger partial charge is 0.229 e. The van der Waals surface area contributed by atoms with Crippen molar-refractivity contribution in [2.75, 3.05) is 16.8 Å². The van der Waals surface area contributed by atoms with Crippen molar-refractivity contribution in [1.82, 2.24) is 0 Å². The molecule has 0 spiro atoms. The van der Waals surface area contributed by atoms with Gasteiger partial charge in [-0.05, 0) is 31.2 Å². The second-order valence-corrected chi connectivity index (χ2v) is 6.62. The lowest BCUT2D eigenvalue weighted by Gasteiger charge is -2.17. The molecule has 2 aromatic rings. The van der Waals surface area contributed by atoms with E-state index in [0.29, 0.717) is 22.3 Å². The number of halogens is 2. The van der Waals surface area contributed by atoms with Crippen LogP contribution in [-0.2, 0) is 9.59 Å². The highest BCUT2D eigenvalue weighted by molar-refractivity contribution is 6.44. The standard InChI is InChI=1S/C18H16Cl2N2O2/c1-11-5-7-13(8-6-11)22-10-12(9-16(22)23)18(24)21-15-4-2-3-14(19)17(15)20/h2-8,12H,9-10H2,1H3,(H,21,24). The molecule has 1 aliphatic rings. The van der Waals surface area contributed by atoms with Gasteiger partial charge in [-0.3, -0.25) is 9.59 Å². The summed E-state index contributed by atoms with van der Waals surface area (Å²) in [7, 11) is 0. The fourth-order valence-electron chi connectivity index (χ4n) is 2.69. The molecule has 124 valence electrons. The molecule has 0 saturated carbocycles. The Hall–Kier alpha value is -2.04. The van der Waals surface area contributed by atoms with E-state index in [2.05, 4.69) is 5.32 Å². The van der Waals surface area contributed by atoms with Gasteiger partial charge in [0, 0.05) is 18.7 Å². The number of nitrogens with zero attached hydrogens (tertiary/aromatic N) is 1. The van der Waals surface area contributed by atoms with E-state index in [1.165, 1.54) is 0 Å². The summed E-state index contributed by atoms with van der Waals surface area (Å²) in [5.74, 6) is -0.716. The maximum Gasteiger partial charge on any atom is 0.229 e. The summed E-state index contributed by atoms with van der Waals surface area (Å²) in [6.07, 6.45) is 0.178. The van der Waals surface area contributed by atoms with Crippen LogP contribution in [0.25, 0.3) is 0 Å². The lowest BCUT2D eigenvalue weighted by atomic mass is 10.1. The molecule has 6 heteroatoms. The Morgan fingerprint density at radius 2 is 1.88 bits per heavy atom. The predicted octanol–water partition coefficient (Wildman–Crippen LogP) is 4.29. The first-order valence-electron chi connectivity index (χ1n) is 7.57. The molecule has 0 aromatic heterocycles. The number of aryl methyl sites for hydroxylation is 1. The van der Waals surface area contributed by atoms with Crippen LogP contribution in [0.15, 0.2) is 42.5 Å². The predicted molar refractivity (Wildman–Crippen MR) is 96.7 cm³/mol. The third-order valence-electron chi connectivity index (χ3n) is 4.05. The second-order valence-electron chi connectivity index (χ2n) is 5.83. The molecule has 2 aromatic carbocycles. The first-order valence-corrected chi connectivity index (χ1v) is 8.33. The van der Waals surface area contributed by atoms with Gasteiger partial charge in [0.15, 0.2) is 0 Å². The van der Waals surface area contributed by atoms with E-state index in [-0.39, 0.29) is 18.2 Å². The molecule has 0 bridgehead atoms. The van der Waals surface area contributed by atoms with E-state index in [4.69, 9.17) is 23.2 Å². The van der Waals surface area contributed by atoms with Crippen molar-refractivity contribution in [3.8, 4) is 0 Å². The van der Waals surface area contributed by atoms with Crippen molar-refractivity contribution >= 4 is 46.4 Å². The quantitative estimate of drug-likeness (QED) is 0.884. The number of anilines is 2. The number of nitrogens with one attached hydrogen (secondary N) is 1. The van der Waals surface area contributed by atoms with Crippen molar-refractivity contribution in [1.29, 1.82) is 0 Å². The molecule has 0 aliphatic carbocycles. The van der Waals surface area contributed by atoms with Gasteiger partial charge in [0.05, 0.1) is 21.7 Å². The van der Waals surface area contributed by atoms with Crippen molar-refractivity contribution in [2.45, 2.75) is 13.3 Å². The van der Waals surface area contributed by atoms with E-state index in [0.717, 1.165) is 11.3 Å². The van der Waals surface area contributed by atoms with Crippen LogP contribution in [0.2, 0.25) is 10.0 Å². The fourth-order valence-corrected chi connectivity index (χ4v) is 3.04. The van der Waals surface area contributed by atoms with E-state index in [9.17, 15) is 9.59 Å². The van der Waals surface area contributed by atoms with Crippen LogP contribution in [-0.4, -0.2) is 18.4 Å². The minimum Gasteiger partial charge on any atom is -0.324 e. The maximum absolute atomic E-state index is 12.5. The highest BCUT2D eigenvalue weighted by Gasteiger charge is 2.35. The summed E-state index contributed by atoms with van der Waals surface area (Å²) in [6, 6.07) is 12.7. The van der Waals surface area contributed by atoms with Crippen LogP contribution >= 0.6 is 23.2 Å². The fraction of sp³-hybridized carbons (Fsp3) is 0.222. The van der Waals surface area contributed by atoms with Gasteiger partial charge in [0.25, 0.3) is 0 Å². The topological polar surface area (TPSA) is 49.4 Å². The van der Waals surface area contributed by atoms with Gasteiger partial charge < -0.3 is 10.2 Å². The molecule has 1 saturated heterocycles. The first-order chi connectivity index (χ1) is 11.5. The number of rotatable bonds is 3. The summed E-state index contributed by atoms with van der Waals surface area (Å²) >= 11 is 12.0. The van der Waals surface area contributed by atoms with Crippen LogP contribution in [0, 0.1) is 12.8 Å². The number of hydrogen-bond donors (Lipinski definition) is 1. The van der Waals surface area contributed by atoms with Crippen LogP contribution in [0.4, 0.5) is 11.4 Å². The Balaban J connectivity index is 1.72.